The molecule has 0 fully saturated rings. The van der Waals surface area contributed by atoms with Crippen LogP contribution in [0.25, 0.3) is 0 Å². The van der Waals surface area contributed by atoms with Crippen molar-refractivity contribution in [3.63, 3.8) is 0 Å². The third kappa shape index (κ3) is 2.42. The number of carbonyl (C=O) groups excluding carboxylic acids is 1. The molecule has 13 heavy (non-hydrogen) atoms. The van der Waals surface area contributed by atoms with Crippen LogP contribution in [0.4, 0.5) is 0 Å². The quantitative estimate of drug-likeness (QED) is 0.549. The zero-order valence-corrected chi connectivity index (χ0v) is 8.61. The average molecular weight is 196 g/mol. The molecule has 0 aliphatic rings. The van der Waals surface area contributed by atoms with Crippen LogP contribution in [-0.4, -0.2) is 5.97 Å². The van der Waals surface area contributed by atoms with E-state index in [2.05, 4.69) is 6.58 Å². The van der Waals surface area contributed by atoms with Gasteiger partial charge in [-0.2, -0.15) is 0 Å². The Labute approximate surface area is 81.8 Å². The van der Waals surface area contributed by atoms with Crippen LogP contribution in [0.3, 0.4) is 0 Å². The van der Waals surface area contributed by atoms with Crippen LogP contribution in [0.1, 0.15) is 18.7 Å². The largest absolute Gasteiger partial charge is 0.422 e. The summed E-state index contributed by atoms with van der Waals surface area (Å²) in [4.78, 5) is 12.3. The lowest BCUT2D eigenvalue weighted by Crippen LogP contribution is -2.08. The fourth-order valence-corrected chi connectivity index (χ4v) is 1.61. The van der Waals surface area contributed by atoms with Gasteiger partial charge in [-0.25, -0.2) is 4.79 Å². The molecule has 0 N–H and O–H groups in total. The Kier molecular flexibility index (Phi) is 3.25. The summed E-state index contributed by atoms with van der Waals surface area (Å²) in [6, 6.07) is 1.81. The summed E-state index contributed by atoms with van der Waals surface area (Å²) in [6.45, 7) is 7.19. The van der Waals surface area contributed by atoms with Crippen molar-refractivity contribution in [3.05, 3.63) is 28.5 Å². The van der Waals surface area contributed by atoms with Gasteiger partial charge in [0.05, 0.1) is 0 Å². The molecule has 0 amide bonds. The van der Waals surface area contributed by atoms with Crippen molar-refractivity contribution in [1.29, 1.82) is 0 Å². The maximum Gasteiger partial charge on any atom is 0.338 e. The summed E-state index contributed by atoms with van der Waals surface area (Å²) in [6.07, 6.45) is 0.885. The van der Waals surface area contributed by atoms with E-state index in [-0.39, 0.29) is 5.97 Å². The minimum atomic E-state index is -0.354. The average Bonchev–Trinajstić information content (AvgIpc) is 2.51. The van der Waals surface area contributed by atoms with E-state index < -0.39 is 0 Å². The molecular weight excluding hydrogens is 184 g/mol. The van der Waals surface area contributed by atoms with Crippen LogP contribution in [0.15, 0.2) is 23.6 Å². The molecular formula is C10H12O2S. The van der Waals surface area contributed by atoms with Gasteiger partial charge in [0.25, 0.3) is 0 Å². The Morgan fingerprint density at radius 2 is 2.38 bits per heavy atom. The van der Waals surface area contributed by atoms with E-state index in [4.69, 9.17) is 4.74 Å². The van der Waals surface area contributed by atoms with Crippen LogP contribution in [0.2, 0.25) is 0 Å². The first kappa shape index (κ1) is 9.99. The van der Waals surface area contributed by atoms with E-state index in [1.54, 1.807) is 18.3 Å². The maximum absolute atomic E-state index is 11.2. The number of thiophene rings is 1. The zero-order valence-electron chi connectivity index (χ0n) is 7.79. The molecule has 0 saturated carbocycles. The Bertz CT molecular complexity index is 325. The number of esters is 1. The molecule has 1 heterocycles. The topological polar surface area (TPSA) is 26.3 Å². The summed E-state index contributed by atoms with van der Waals surface area (Å²) in [5, 5.41) is 1.92. The van der Waals surface area contributed by atoms with E-state index in [1.807, 2.05) is 18.4 Å². The molecule has 0 aliphatic carbocycles. The van der Waals surface area contributed by atoms with Crippen molar-refractivity contribution in [1.82, 2.24) is 0 Å². The number of rotatable bonds is 3. The molecule has 3 heteroatoms. The molecule has 1 rings (SSSR count). The predicted molar refractivity (Wildman–Crippen MR) is 54.1 cm³/mol. The van der Waals surface area contributed by atoms with Gasteiger partial charge >= 0.3 is 5.97 Å². The Hall–Kier alpha value is -1.09. The third-order valence-electron chi connectivity index (χ3n) is 1.58. The van der Waals surface area contributed by atoms with Crippen molar-refractivity contribution in [2.45, 2.75) is 20.3 Å². The molecule has 0 aliphatic heterocycles. The van der Waals surface area contributed by atoms with Crippen molar-refractivity contribution >= 4 is 17.3 Å². The lowest BCUT2D eigenvalue weighted by molar-refractivity contribution is -0.130. The summed E-state index contributed by atoms with van der Waals surface area (Å²) in [7, 11) is 0. The van der Waals surface area contributed by atoms with Gasteiger partial charge < -0.3 is 4.74 Å². The summed E-state index contributed by atoms with van der Waals surface area (Å²) in [5.41, 5.74) is 0.424. The van der Waals surface area contributed by atoms with Gasteiger partial charge in [0.1, 0.15) is 5.75 Å². The van der Waals surface area contributed by atoms with Gasteiger partial charge in [-0.15, -0.1) is 11.3 Å². The summed E-state index contributed by atoms with van der Waals surface area (Å²) in [5.74, 6) is 0.314. The Morgan fingerprint density at radius 3 is 2.92 bits per heavy atom. The predicted octanol–water partition coefficient (Wildman–Crippen LogP) is 2.79. The molecule has 0 aromatic carbocycles. The van der Waals surface area contributed by atoms with Crippen molar-refractivity contribution in [2.75, 3.05) is 0 Å². The molecule has 2 nitrogen and oxygen atoms in total. The zero-order chi connectivity index (χ0) is 9.84. The second kappa shape index (κ2) is 4.23. The standard InChI is InChI=1S/C10H12O2S/c1-4-9-8(5-6-13-9)12-10(11)7(2)3/h5-6H,2,4H2,1,3H3. The molecule has 0 spiro atoms. The SMILES string of the molecule is C=C(C)C(=O)Oc1ccsc1CC. The highest BCUT2D eigenvalue weighted by molar-refractivity contribution is 7.10. The van der Waals surface area contributed by atoms with Gasteiger partial charge in [0, 0.05) is 10.5 Å². The smallest absolute Gasteiger partial charge is 0.338 e. The molecule has 0 radical (unpaired) electrons. The molecule has 0 bridgehead atoms. The number of aryl methyl sites for hydroxylation is 1. The first-order chi connectivity index (χ1) is 6.15. The molecule has 0 unspecified atom stereocenters. The van der Waals surface area contributed by atoms with Gasteiger partial charge in [0.15, 0.2) is 0 Å². The fourth-order valence-electron chi connectivity index (χ4n) is 0.864. The van der Waals surface area contributed by atoms with Gasteiger partial charge in [-0.3, -0.25) is 0 Å². The molecule has 0 saturated heterocycles. The van der Waals surface area contributed by atoms with Gasteiger partial charge in [-0.1, -0.05) is 13.5 Å². The van der Waals surface area contributed by atoms with Crippen molar-refractivity contribution < 1.29 is 9.53 Å². The second-order valence-electron chi connectivity index (χ2n) is 2.73. The van der Waals surface area contributed by atoms with Crippen LogP contribution in [0, 0.1) is 0 Å². The minimum Gasteiger partial charge on any atom is -0.422 e. The minimum absolute atomic E-state index is 0.354. The van der Waals surface area contributed by atoms with E-state index in [1.165, 1.54) is 0 Å². The summed E-state index contributed by atoms with van der Waals surface area (Å²) >= 11 is 1.60. The van der Waals surface area contributed by atoms with Crippen molar-refractivity contribution in [2.24, 2.45) is 0 Å². The fraction of sp³-hybridized carbons (Fsp3) is 0.300. The molecule has 1 aromatic heterocycles. The van der Waals surface area contributed by atoms with Crippen LogP contribution in [-0.2, 0) is 11.2 Å². The van der Waals surface area contributed by atoms with Gasteiger partial charge in [-0.05, 0) is 24.8 Å². The van der Waals surface area contributed by atoms with Crippen LogP contribution in [0.5, 0.6) is 5.75 Å². The van der Waals surface area contributed by atoms with Crippen LogP contribution < -0.4 is 4.74 Å². The first-order valence-electron chi connectivity index (χ1n) is 4.09. The monoisotopic (exact) mass is 196 g/mol. The molecule has 70 valence electrons. The number of ether oxygens (including phenoxy) is 1. The third-order valence-corrected chi connectivity index (χ3v) is 2.62. The van der Waals surface area contributed by atoms with E-state index in [0.717, 1.165) is 11.3 Å². The lowest BCUT2D eigenvalue weighted by Gasteiger charge is -2.02. The number of hydrogen-bond donors (Lipinski definition) is 0. The summed E-state index contributed by atoms with van der Waals surface area (Å²) < 4.78 is 5.11. The number of carbonyl (C=O) groups is 1. The molecule has 1 aromatic rings. The maximum atomic E-state index is 11.2. The molecule has 0 atom stereocenters. The highest BCUT2D eigenvalue weighted by atomic mass is 32.1. The number of hydrogen-bond acceptors (Lipinski definition) is 3. The van der Waals surface area contributed by atoms with Crippen LogP contribution >= 0.6 is 11.3 Å². The normalized spacial score (nSPS) is 9.69. The Morgan fingerprint density at radius 1 is 1.69 bits per heavy atom. The van der Waals surface area contributed by atoms with E-state index >= 15 is 0 Å². The van der Waals surface area contributed by atoms with E-state index in [9.17, 15) is 4.79 Å². The van der Waals surface area contributed by atoms with Gasteiger partial charge in [0.2, 0.25) is 0 Å². The first-order valence-corrected chi connectivity index (χ1v) is 4.97. The highest BCUT2D eigenvalue weighted by Gasteiger charge is 2.09. The second-order valence-corrected chi connectivity index (χ2v) is 3.73. The lowest BCUT2D eigenvalue weighted by atomic mass is 10.3. The van der Waals surface area contributed by atoms with Crippen molar-refractivity contribution in [3.8, 4) is 5.75 Å². The highest BCUT2D eigenvalue weighted by Crippen LogP contribution is 2.25. The Balaban J connectivity index is 2.74. The van der Waals surface area contributed by atoms with E-state index in [0.29, 0.717) is 11.3 Å².